The molecular weight excluding hydrogens is 381 g/mol. The number of likely N-dealkylation sites (tertiary alicyclic amines) is 1. The number of alkyl halides is 3. The minimum absolute atomic E-state index is 0.0538. The van der Waals surface area contributed by atoms with Crippen LogP contribution in [0.3, 0.4) is 0 Å². The SMILES string of the molecule is CCC(=O)N1CCCC[C@@H]1c1nc(N(C)C)ncc1-c1ccc(C(F)(F)F)cc1. The second-order valence-electron chi connectivity index (χ2n) is 7.39. The summed E-state index contributed by atoms with van der Waals surface area (Å²) in [5.41, 5.74) is 1.25. The molecule has 0 unspecified atom stereocenters. The van der Waals surface area contributed by atoms with Crippen LogP contribution in [-0.4, -0.2) is 41.4 Å². The Hall–Kier alpha value is -2.64. The summed E-state index contributed by atoms with van der Waals surface area (Å²) >= 11 is 0. The lowest BCUT2D eigenvalue weighted by Crippen LogP contribution is -2.39. The van der Waals surface area contributed by atoms with Gasteiger partial charge in [0, 0.05) is 38.8 Å². The van der Waals surface area contributed by atoms with Gasteiger partial charge in [-0.1, -0.05) is 19.1 Å². The fourth-order valence-electron chi connectivity index (χ4n) is 3.63. The first-order valence-electron chi connectivity index (χ1n) is 9.73. The van der Waals surface area contributed by atoms with Crippen molar-refractivity contribution in [3.05, 3.63) is 41.7 Å². The average molecular weight is 406 g/mol. The zero-order chi connectivity index (χ0) is 21.2. The summed E-state index contributed by atoms with van der Waals surface area (Å²) in [6.45, 7) is 2.49. The van der Waals surface area contributed by atoms with Gasteiger partial charge in [-0.3, -0.25) is 4.79 Å². The maximum absolute atomic E-state index is 12.9. The average Bonchev–Trinajstić information content (AvgIpc) is 2.72. The van der Waals surface area contributed by atoms with Gasteiger partial charge in [0.15, 0.2) is 0 Å². The minimum atomic E-state index is -4.39. The smallest absolute Gasteiger partial charge is 0.347 e. The van der Waals surface area contributed by atoms with Crippen molar-refractivity contribution in [1.82, 2.24) is 14.9 Å². The van der Waals surface area contributed by atoms with Crippen LogP contribution in [0.5, 0.6) is 0 Å². The van der Waals surface area contributed by atoms with Crippen molar-refractivity contribution in [3.63, 3.8) is 0 Å². The van der Waals surface area contributed by atoms with Gasteiger partial charge in [0.05, 0.1) is 17.3 Å². The largest absolute Gasteiger partial charge is 0.416 e. The molecule has 1 atom stereocenters. The summed E-state index contributed by atoms with van der Waals surface area (Å²) in [7, 11) is 3.65. The van der Waals surface area contributed by atoms with Gasteiger partial charge in [-0.2, -0.15) is 13.2 Å². The Bertz CT molecular complexity index is 865. The highest BCUT2D eigenvalue weighted by atomic mass is 19.4. The first-order chi connectivity index (χ1) is 13.7. The lowest BCUT2D eigenvalue weighted by atomic mass is 9.93. The van der Waals surface area contributed by atoms with Crippen LogP contribution in [0.2, 0.25) is 0 Å². The van der Waals surface area contributed by atoms with Crippen molar-refractivity contribution < 1.29 is 18.0 Å². The zero-order valence-corrected chi connectivity index (χ0v) is 16.8. The number of halogens is 3. The molecule has 1 aromatic carbocycles. The standard InChI is InChI=1S/C21H25F3N4O/c1-4-18(29)28-12-6-5-7-17(28)19-16(13-25-20(26-19)27(2)3)14-8-10-15(11-9-14)21(22,23)24/h8-11,13,17H,4-7,12H2,1-3H3/t17-/m1/s1. The number of piperidine rings is 1. The van der Waals surface area contributed by atoms with E-state index in [9.17, 15) is 18.0 Å². The quantitative estimate of drug-likeness (QED) is 0.739. The van der Waals surface area contributed by atoms with Crippen LogP contribution in [-0.2, 0) is 11.0 Å². The van der Waals surface area contributed by atoms with Crippen LogP contribution in [0.4, 0.5) is 19.1 Å². The van der Waals surface area contributed by atoms with Crippen LogP contribution in [0.15, 0.2) is 30.5 Å². The van der Waals surface area contributed by atoms with Gasteiger partial charge in [-0.15, -0.1) is 0 Å². The van der Waals surface area contributed by atoms with Gasteiger partial charge >= 0.3 is 6.18 Å². The molecule has 0 saturated carbocycles. The van der Waals surface area contributed by atoms with E-state index in [1.54, 1.807) is 11.1 Å². The fourth-order valence-corrected chi connectivity index (χ4v) is 3.63. The van der Waals surface area contributed by atoms with Gasteiger partial charge in [-0.05, 0) is 37.0 Å². The van der Waals surface area contributed by atoms with Crippen molar-refractivity contribution >= 4 is 11.9 Å². The number of carbonyl (C=O) groups excluding carboxylic acids is 1. The molecule has 1 saturated heterocycles. The van der Waals surface area contributed by atoms with Gasteiger partial charge < -0.3 is 9.80 Å². The van der Waals surface area contributed by atoms with Gasteiger partial charge in [-0.25, -0.2) is 9.97 Å². The molecule has 156 valence electrons. The molecule has 8 heteroatoms. The molecule has 0 radical (unpaired) electrons. The summed E-state index contributed by atoms with van der Waals surface area (Å²) in [5, 5.41) is 0. The predicted octanol–water partition coefficient (Wildman–Crippen LogP) is 4.69. The number of carbonyl (C=O) groups is 1. The van der Waals surface area contributed by atoms with Crippen LogP contribution < -0.4 is 4.90 Å². The topological polar surface area (TPSA) is 49.3 Å². The predicted molar refractivity (Wildman–Crippen MR) is 105 cm³/mol. The summed E-state index contributed by atoms with van der Waals surface area (Å²) in [4.78, 5) is 25.2. The fraction of sp³-hybridized carbons (Fsp3) is 0.476. The molecular formula is C21H25F3N4O. The summed E-state index contributed by atoms with van der Waals surface area (Å²) < 4.78 is 38.8. The molecule has 1 aliphatic rings. The molecule has 1 aromatic heterocycles. The molecule has 0 bridgehead atoms. The van der Waals surface area contributed by atoms with E-state index < -0.39 is 11.7 Å². The zero-order valence-electron chi connectivity index (χ0n) is 16.8. The molecule has 3 rings (SSSR count). The lowest BCUT2D eigenvalue weighted by molar-refractivity contribution is -0.137. The molecule has 0 aliphatic carbocycles. The molecule has 1 aliphatic heterocycles. The Balaban J connectivity index is 2.09. The van der Waals surface area contributed by atoms with Crippen molar-refractivity contribution in [2.24, 2.45) is 0 Å². The Morgan fingerprint density at radius 3 is 2.48 bits per heavy atom. The second-order valence-corrected chi connectivity index (χ2v) is 7.39. The van der Waals surface area contributed by atoms with E-state index >= 15 is 0 Å². The molecule has 0 N–H and O–H groups in total. The maximum Gasteiger partial charge on any atom is 0.416 e. The third-order valence-corrected chi connectivity index (χ3v) is 5.17. The first kappa shape index (κ1) is 21.1. The Morgan fingerprint density at radius 1 is 1.21 bits per heavy atom. The van der Waals surface area contributed by atoms with E-state index in [0.717, 1.165) is 31.4 Å². The van der Waals surface area contributed by atoms with Crippen LogP contribution in [0, 0.1) is 0 Å². The number of nitrogens with zero attached hydrogens (tertiary/aromatic N) is 4. The third kappa shape index (κ3) is 4.52. The number of anilines is 1. The highest BCUT2D eigenvalue weighted by molar-refractivity contribution is 5.77. The molecule has 1 fully saturated rings. The molecule has 2 heterocycles. The normalized spacial score (nSPS) is 17.3. The first-order valence-corrected chi connectivity index (χ1v) is 9.73. The molecule has 29 heavy (non-hydrogen) atoms. The van der Waals surface area contributed by atoms with E-state index in [1.165, 1.54) is 12.1 Å². The number of benzene rings is 1. The highest BCUT2D eigenvalue weighted by Gasteiger charge is 2.32. The molecule has 1 amide bonds. The van der Waals surface area contributed by atoms with Gasteiger partial charge in [0.1, 0.15) is 0 Å². The van der Waals surface area contributed by atoms with E-state index in [2.05, 4.69) is 4.98 Å². The van der Waals surface area contributed by atoms with Crippen molar-refractivity contribution in [1.29, 1.82) is 0 Å². The minimum Gasteiger partial charge on any atom is -0.347 e. The third-order valence-electron chi connectivity index (χ3n) is 5.17. The summed E-state index contributed by atoms with van der Waals surface area (Å²) in [5.74, 6) is 0.559. The van der Waals surface area contributed by atoms with Crippen LogP contribution >= 0.6 is 0 Å². The van der Waals surface area contributed by atoms with E-state index in [0.29, 0.717) is 35.7 Å². The maximum atomic E-state index is 12.9. The molecule has 2 aromatic rings. The number of amides is 1. The Morgan fingerprint density at radius 2 is 1.90 bits per heavy atom. The Labute approximate surface area is 168 Å². The number of aromatic nitrogens is 2. The van der Waals surface area contributed by atoms with Crippen LogP contribution in [0.1, 0.15) is 49.9 Å². The monoisotopic (exact) mass is 406 g/mol. The number of hydrogen-bond donors (Lipinski definition) is 0. The highest BCUT2D eigenvalue weighted by Crippen LogP contribution is 2.37. The summed E-state index contributed by atoms with van der Waals surface area (Å²) in [6.07, 6.45) is 0.320. The summed E-state index contributed by atoms with van der Waals surface area (Å²) in [6, 6.07) is 4.80. The van der Waals surface area contributed by atoms with Crippen molar-refractivity contribution in [3.8, 4) is 11.1 Å². The molecule has 0 spiro atoms. The van der Waals surface area contributed by atoms with Crippen LogP contribution in [0.25, 0.3) is 11.1 Å². The van der Waals surface area contributed by atoms with Crippen molar-refractivity contribution in [2.45, 2.75) is 44.8 Å². The van der Waals surface area contributed by atoms with Gasteiger partial charge in [0.2, 0.25) is 11.9 Å². The van der Waals surface area contributed by atoms with E-state index in [1.807, 2.05) is 25.9 Å². The number of hydrogen-bond acceptors (Lipinski definition) is 4. The second kappa shape index (κ2) is 8.39. The molecule has 5 nitrogen and oxygen atoms in total. The Kier molecular flexibility index (Phi) is 6.10. The number of rotatable bonds is 4. The van der Waals surface area contributed by atoms with E-state index in [4.69, 9.17) is 4.98 Å². The van der Waals surface area contributed by atoms with Gasteiger partial charge in [0.25, 0.3) is 0 Å². The van der Waals surface area contributed by atoms with E-state index in [-0.39, 0.29) is 11.9 Å². The lowest BCUT2D eigenvalue weighted by Gasteiger charge is -2.36. The van der Waals surface area contributed by atoms with Crippen molar-refractivity contribution in [2.75, 3.05) is 25.5 Å².